The molecule has 0 aromatic heterocycles. The van der Waals surface area contributed by atoms with Gasteiger partial charge in [0.05, 0.1) is 17.8 Å². The summed E-state index contributed by atoms with van der Waals surface area (Å²) in [6, 6.07) is 9.35. The Morgan fingerprint density at radius 3 is 2.68 bits per heavy atom. The number of methoxy groups -OCH3 is 1. The molecule has 0 radical (unpaired) electrons. The molecular weight excluding hydrogens is 403 g/mol. The number of thiocarbonyl (C=S) groups is 1. The third-order valence-electron chi connectivity index (χ3n) is 4.37. The molecule has 2 aromatic rings. The Kier molecular flexibility index (Phi) is 6.70. The number of anilines is 1. The maximum Gasteiger partial charge on any atom is 0.262 e. The van der Waals surface area contributed by atoms with E-state index in [-0.39, 0.29) is 23.1 Å². The number of para-hydroxylation sites is 1. The van der Waals surface area contributed by atoms with Crippen LogP contribution >= 0.6 is 23.8 Å². The maximum absolute atomic E-state index is 13.6. The van der Waals surface area contributed by atoms with E-state index in [0.717, 1.165) is 31.5 Å². The highest BCUT2D eigenvalue weighted by molar-refractivity contribution is 7.80. The summed E-state index contributed by atoms with van der Waals surface area (Å²) in [7, 11) is 1.49. The molecule has 5 nitrogen and oxygen atoms in total. The van der Waals surface area contributed by atoms with Gasteiger partial charge in [-0.15, -0.1) is 0 Å². The highest BCUT2D eigenvalue weighted by Crippen LogP contribution is 2.37. The minimum absolute atomic E-state index is 0.0838. The molecular formula is C20H20ClFN2O3S. The number of likely N-dealkylation sites (tertiary alicyclic amines) is 1. The van der Waals surface area contributed by atoms with Crippen molar-refractivity contribution < 1.29 is 18.7 Å². The van der Waals surface area contributed by atoms with Crippen molar-refractivity contribution in [2.75, 3.05) is 32.1 Å². The lowest BCUT2D eigenvalue weighted by molar-refractivity contribution is -0.118. The van der Waals surface area contributed by atoms with Gasteiger partial charge in [0.25, 0.3) is 5.91 Å². The predicted molar refractivity (Wildman–Crippen MR) is 111 cm³/mol. The van der Waals surface area contributed by atoms with Gasteiger partial charge in [-0.05, 0) is 37.1 Å². The Morgan fingerprint density at radius 2 is 2.00 bits per heavy atom. The second-order valence-corrected chi connectivity index (χ2v) is 7.10. The summed E-state index contributed by atoms with van der Waals surface area (Å²) in [5.41, 5.74) is 0.849. The fourth-order valence-electron chi connectivity index (χ4n) is 2.97. The minimum atomic E-state index is -0.522. The summed E-state index contributed by atoms with van der Waals surface area (Å²) in [4.78, 5) is 14.9. The fraction of sp³-hybridized carbons (Fsp3) is 0.300. The Bertz CT molecular complexity index is 888. The van der Waals surface area contributed by atoms with E-state index in [1.54, 1.807) is 24.3 Å². The molecule has 1 saturated heterocycles. The van der Waals surface area contributed by atoms with Gasteiger partial charge in [-0.3, -0.25) is 4.79 Å². The number of nitrogens with zero attached hydrogens (tertiary/aromatic N) is 1. The topological polar surface area (TPSA) is 50.8 Å². The first-order valence-corrected chi connectivity index (χ1v) is 9.62. The molecule has 148 valence electrons. The molecule has 28 heavy (non-hydrogen) atoms. The van der Waals surface area contributed by atoms with Gasteiger partial charge in [0, 0.05) is 18.7 Å². The summed E-state index contributed by atoms with van der Waals surface area (Å²) >= 11 is 11.9. The molecule has 0 aliphatic carbocycles. The minimum Gasteiger partial charge on any atom is -0.493 e. The Morgan fingerprint density at radius 1 is 1.29 bits per heavy atom. The molecule has 1 N–H and O–H groups in total. The SMILES string of the molecule is COc1cc(C(=S)N2CCCC2)cc(Cl)c1OCC(=O)Nc1ccccc1F. The third-order valence-corrected chi connectivity index (χ3v) is 5.14. The average Bonchev–Trinajstić information content (AvgIpc) is 3.22. The second-order valence-electron chi connectivity index (χ2n) is 6.31. The molecule has 2 aromatic carbocycles. The van der Waals surface area contributed by atoms with Crippen LogP contribution in [-0.4, -0.2) is 42.6 Å². The van der Waals surface area contributed by atoms with Crippen LogP contribution in [0.4, 0.5) is 10.1 Å². The van der Waals surface area contributed by atoms with Crippen molar-refractivity contribution in [3.05, 3.63) is 52.8 Å². The number of hydrogen-bond donors (Lipinski definition) is 1. The van der Waals surface area contributed by atoms with Crippen molar-refractivity contribution in [3.8, 4) is 11.5 Å². The molecule has 0 unspecified atom stereocenters. The number of nitrogens with one attached hydrogen (secondary N) is 1. The molecule has 1 aliphatic rings. The van der Waals surface area contributed by atoms with Crippen molar-refractivity contribution in [1.82, 2.24) is 4.90 Å². The smallest absolute Gasteiger partial charge is 0.262 e. The van der Waals surface area contributed by atoms with Crippen molar-refractivity contribution in [3.63, 3.8) is 0 Å². The standard InChI is InChI=1S/C20H20ClFN2O3S/c1-26-17-11-13(20(28)24-8-4-5-9-24)10-14(21)19(17)27-12-18(25)23-16-7-3-2-6-15(16)22/h2-3,6-7,10-11H,4-5,8-9,12H2,1H3,(H,23,25). The highest BCUT2D eigenvalue weighted by Gasteiger charge is 2.20. The van der Waals surface area contributed by atoms with Crippen LogP contribution < -0.4 is 14.8 Å². The van der Waals surface area contributed by atoms with E-state index < -0.39 is 11.7 Å². The molecule has 0 bridgehead atoms. The number of halogens is 2. The zero-order valence-electron chi connectivity index (χ0n) is 15.3. The number of carbonyl (C=O) groups is 1. The molecule has 1 amide bonds. The van der Waals surface area contributed by atoms with Crippen LogP contribution in [0.25, 0.3) is 0 Å². The Labute approximate surface area is 173 Å². The van der Waals surface area contributed by atoms with Crippen molar-refractivity contribution >= 4 is 40.4 Å². The van der Waals surface area contributed by atoms with Crippen LogP contribution in [0.1, 0.15) is 18.4 Å². The van der Waals surface area contributed by atoms with E-state index in [9.17, 15) is 9.18 Å². The van der Waals surface area contributed by atoms with Gasteiger partial charge in [0.15, 0.2) is 18.1 Å². The zero-order chi connectivity index (χ0) is 20.1. The third kappa shape index (κ3) is 4.72. The monoisotopic (exact) mass is 422 g/mol. The quantitative estimate of drug-likeness (QED) is 0.704. The lowest BCUT2D eigenvalue weighted by Gasteiger charge is -2.20. The lowest BCUT2D eigenvalue weighted by atomic mass is 10.2. The number of rotatable bonds is 6. The molecule has 8 heteroatoms. The van der Waals surface area contributed by atoms with Gasteiger partial charge in [0.1, 0.15) is 10.8 Å². The van der Waals surface area contributed by atoms with E-state index in [0.29, 0.717) is 10.7 Å². The molecule has 3 rings (SSSR count). The van der Waals surface area contributed by atoms with E-state index in [1.807, 2.05) is 0 Å². The summed E-state index contributed by atoms with van der Waals surface area (Å²) < 4.78 is 24.5. The number of benzene rings is 2. The van der Waals surface area contributed by atoms with Crippen LogP contribution in [0.3, 0.4) is 0 Å². The number of hydrogen-bond acceptors (Lipinski definition) is 4. The van der Waals surface area contributed by atoms with Gasteiger partial charge in [-0.2, -0.15) is 0 Å². The molecule has 1 fully saturated rings. The normalized spacial score (nSPS) is 13.3. The van der Waals surface area contributed by atoms with Gasteiger partial charge in [-0.1, -0.05) is 36.0 Å². The van der Waals surface area contributed by atoms with Crippen molar-refractivity contribution in [1.29, 1.82) is 0 Å². The first-order valence-electron chi connectivity index (χ1n) is 8.83. The summed E-state index contributed by atoms with van der Waals surface area (Å²) in [6.45, 7) is 1.50. The van der Waals surface area contributed by atoms with Crippen molar-refractivity contribution in [2.24, 2.45) is 0 Å². The van der Waals surface area contributed by atoms with Gasteiger partial charge < -0.3 is 19.7 Å². The Balaban J connectivity index is 1.70. The summed E-state index contributed by atoms with van der Waals surface area (Å²) in [6.07, 6.45) is 2.23. The van der Waals surface area contributed by atoms with E-state index in [2.05, 4.69) is 10.2 Å². The molecule has 1 heterocycles. The second kappa shape index (κ2) is 9.21. The molecule has 1 aliphatic heterocycles. The van der Waals surface area contributed by atoms with Crippen LogP contribution in [0.2, 0.25) is 5.02 Å². The van der Waals surface area contributed by atoms with Gasteiger partial charge in [0.2, 0.25) is 0 Å². The fourth-order valence-corrected chi connectivity index (χ4v) is 3.54. The highest BCUT2D eigenvalue weighted by atomic mass is 35.5. The van der Waals surface area contributed by atoms with Crippen LogP contribution in [-0.2, 0) is 4.79 Å². The number of ether oxygens (including phenoxy) is 2. The lowest BCUT2D eigenvalue weighted by Crippen LogP contribution is -2.26. The average molecular weight is 423 g/mol. The van der Waals surface area contributed by atoms with Crippen LogP contribution in [0, 0.1) is 5.82 Å². The van der Waals surface area contributed by atoms with Crippen molar-refractivity contribution in [2.45, 2.75) is 12.8 Å². The van der Waals surface area contributed by atoms with E-state index in [4.69, 9.17) is 33.3 Å². The molecule has 0 saturated carbocycles. The predicted octanol–water partition coefficient (Wildman–Crippen LogP) is 4.28. The number of carbonyl (C=O) groups excluding carboxylic acids is 1. The molecule has 0 atom stereocenters. The summed E-state index contributed by atoms with van der Waals surface area (Å²) in [5.74, 6) is -0.422. The van der Waals surface area contributed by atoms with Crippen LogP contribution in [0.15, 0.2) is 36.4 Å². The van der Waals surface area contributed by atoms with Gasteiger partial charge in [-0.25, -0.2) is 4.39 Å². The maximum atomic E-state index is 13.6. The Hall–Kier alpha value is -2.38. The first kappa shape index (κ1) is 20.4. The van der Waals surface area contributed by atoms with Gasteiger partial charge >= 0.3 is 0 Å². The van der Waals surface area contributed by atoms with E-state index in [1.165, 1.54) is 19.2 Å². The summed E-state index contributed by atoms with van der Waals surface area (Å²) in [5, 5.41) is 2.74. The number of amides is 1. The largest absolute Gasteiger partial charge is 0.493 e. The molecule has 0 spiro atoms. The first-order chi connectivity index (χ1) is 13.5. The van der Waals surface area contributed by atoms with E-state index >= 15 is 0 Å². The zero-order valence-corrected chi connectivity index (χ0v) is 16.9. The van der Waals surface area contributed by atoms with Crippen LogP contribution in [0.5, 0.6) is 11.5 Å².